The van der Waals surface area contributed by atoms with Crippen molar-refractivity contribution in [2.45, 2.75) is 0 Å². The van der Waals surface area contributed by atoms with Gasteiger partial charge in [0.15, 0.2) is 5.06 Å². The first-order valence-electron chi connectivity index (χ1n) is 9.36. The Morgan fingerprint density at radius 2 is 1.35 bits per heavy atom. The fourth-order valence-corrected chi connectivity index (χ4v) is 4.46. The first-order chi connectivity index (χ1) is 14.2. The van der Waals surface area contributed by atoms with Crippen LogP contribution in [-0.2, 0) is 0 Å². The Labute approximate surface area is 236 Å². The van der Waals surface area contributed by atoms with Gasteiger partial charge >= 0.3 is 0 Å². The van der Waals surface area contributed by atoms with Crippen LogP contribution in [0.3, 0.4) is 0 Å². The number of hydrogen-bond acceptors (Lipinski definition) is 3. The summed E-state index contributed by atoms with van der Waals surface area (Å²) in [4.78, 5) is 2.23. The van der Waals surface area contributed by atoms with Crippen molar-refractivity contribution in [3.8, 4) is 5.06 Å². The van der Waals surface area contributed by atoms with E-state index in [-0.39, 0.29) is 59.1 Å². The minimum atomic E-state index is 0. The molecular weight excluding hydrogens is 444 g/mol. The average molecular weight is 462 g/mol. The molecule has 0 N–H and O–H groups in total. The first kappa shape index (κ1) is 24.6. The van der Waals surface area contributed by atoms with Crippen molar-refractivity contribution in [2.75, 3.05) is 11.9 Å². The molecule has 1 aromatic heterocycles. The van der Waals surface area contributed by atoms with Gasteiger partial charge in [-0.15, -0.1) is 11.3 Å². The molecule has 0 fully saturated rings. The summed E-state index contributed by atoms with van der Waals surface area (Å²) in [6, 6.07) is 28.7. The zero-order valence-electron chi connectivity index (χ0n) is 17.8. The molecule has 1 aliphatic heterocycles. The van der Waals surface area contributed by atoms with E-state index in [9.17, 15) is 0 Å². The molecule has 5 rings (SSSR count). The van der Waals surface area contributed by atoms with Gasteiger partial charge < -0.3 is 9.64 Å². The second-order valence-corrected chi connectivity index (χ2v) is 8.19. The maximum atomic E-state index is 6.51. The van der Waals surface area contributed by atoms with Crippen LogP contribution in [0.4, 0.5) is 11.4 Å². The molecule has 0 amide bonds. The fourth-order valence-electron chi connectivity index (χ4n) is 3.75. The number of rotatable bonds is 3. The minimum absolute atomic E-state index is 0. The van der Waals surface area contributed by atoms with Crippen LogP contribution >= 0.6 is 22.9 Å². The minimum Gasteiger partial charge on any atom is -0.445 e. The third kappa shape index (κ3) is 4.85. The zero-order valence-corrected chi connectivity index (χ0v) is 23.4. The molecular formula is C25H18ClNNa2OS. The molecule has 0 spiro atoms. The Bertz CT molecular complexity index is 1160. The van der Waals surface area contributed by atoms with Crippen LogP contribution in [0.25, 0.3) is 11.3 Å². The van der Waals surface area contributed by atoms with Crippen molar-refractivity contribution >= 4 is 105 Å². The van der Waals surface area contributed by atoms with Crippen LogP contribution in [-0.4, -0.2) is 66.2 Å². The molecule has 4 aromatic rings. The molecule has 0 saturated heterocycles. The molecule has 2 nitrogen and oxygen atoms in total. The van der Waals surface area contributed by atoms with E-state index >= 15 is 0 Å². The smallest absolute Gasteiger partial charge is 0.180 e. The van der Waals surface area contributed by atoms with Crippen molar-refractivity contribution in [3.05, 3.63) is 112 Å². The maximum absolute atomic E-state index is 6.51. The van der Waals surface area contributed by atoms with Gasteiger partial charge in [0, 0.05) is 105 Å². The number of anilines is 2. The SMILES string of the molecule is CN1c2ccccc2C(=C(Oc2cccs2)c2ccc(Cl)cc2)c2ccccc21.[Na].[Na]. The molecule has 0 atom stereocenters. The van der Waals surface area contributed by atoms with E-state index in [1.165, 1.54) is 0 Å². The summed E-state index contributed by atoms with van der Waals surface area (Å²) in [6.07, 6.45) is 0. The Morgan fingerprint density at radius 1 is 0.774 bits per heavy atom. The molecule has 0 aliphatic carbocycles. The predicted octanol–water partition coefficient (Wildman–Crippen LogP) is 6.72. The summed E-state index contributed by atoms with van der Waals surface area (Å²) in [5.74, 6) is 0.831. The van der Waals surface area contributed by atoms with E-state index in [1.54, 1.807) is 11.3 Å². The number of ether oxygens (including phenoxy) is 1. The van der Waals surface area contributed by atoms with Gasteiger partial charge in [0.2, 0.25) is 0 Å². The number of nitrogens with zero attached hydrogens (tertiary/aromatic N) is 1. The standard InChI is InChI=1S/C25H18ClNOS.2Na/c1-27-21-9-4-2-7-19(21)24(20-8-3-5-10-22(20)27)25(28-23-11-6-16-29-23)17-12-14-18(26)15-13-17;;/h2-16H,1H3;;. The average Bonchev–Trinajstić information content (AvgIpc) is 3.27. The number of benzene rings is 3. The van der Waals surface area contributed by atoms with Crippen molar-refractivity contribution in [3.63, 3.8) is 0 Å². The monoisotopic (exact) mass is 461 g/mol. The second kappa shape index (κ2) is 10.7. The van der Waals surface area contributed by atoms with E-state index in [0.29, 0.717) is 5.02 Å². The molecule has 0 unspecified atom stereocenters. The van der Waals surface area contributed by atoms with Crippen LogP contribution in [0.2, 0.25) is 5.02 Å². The van der Waals surface area contributed by atoms with Crippen LogP contribution in [0, 0.1) is 0 Å². The largest absolute Gasteiger partial charge is 0.445 e. The van der Waals surface area contributed by atoms with Crippen LogP contribution in [0.5, 0.6) is 5.06 Å². The predicted molar refractivity (Wildman–Crippen MR) is 135 cm³/mol. The van der Waals surface area contributed by atoms with E-state index < -0.39 is 0 Å². The summed E-state index contributed by atoms with van der Waals surface area (Å²) in [6.45, 7) is 0. The zero-order chi connectivity index (χ0) is 19.8. The van der Waals surface area contributed by atoms with Gasteiger partial charge in [-0.1, -0.05) is 48.0 Å². The van der Waals surface area contributed by atoms with Crippen molar-refractivity contribution < 1.29 is 4.74 Å². The second-order valence-electron chi connectivity index (χ2n) is 6.84. The number of fused-ring (bicyclic) bond motifs is 2. The summed E-state index contributed by atoms with van der Waals surface area (Å²) >= 11 is 7.75. The summed E-state index contributed by atoms with van der Waals surface area (Å²) in [5, 5.41) is 3.59. The van der Waals surface area contributed by atoms with Gasteiger partial charge in [0.05, 0.1) is 0 Å². The number of hydrogen-bond donors (Lipinski definition) is 0. The van der Waals surface area contributed by atoms with Gasteiger partial charge in [-0.25, -0.2) is 0 Å². The normalized spacial score (nSPS) is 11.5. The van der Waals surface area contributed by atoms with E-state index in [2.05, 4.69) is 60.5 Å². The Kier molecular flexibility index (Phi) is 8.53. The molecule has 144 valence electrons. The Balaban J connectivity index is 0.00000136. The van der Waals surface area contributed by atoms with Gasteiger partial charge in [-0.3, -0.25) is 0 Å². The van der Waals surface area contributed by atoms with Gasteiger partial charge in [0.1, 0.15) is 5.76 Å². The molecule has 6 heteroatoms. The van der Waals surface area contributed by atoms with Crippen molar-refractivity contribution in [1.82, 2.24) is 0 Å². The Morgan fingerprint density at radius 3 is 1.90 bits per heavy atom. The van der Waals surface area contributed by atoms with Crippen molar-refractivity contribution in [2.24, 2.45) is 0 Å². The molecule has 2 radical (unpaired) electrons. The summed E-state index contributed by atoms with van der Waals surface area (Å²) in [5.41, 5.74) is 6.69. The third-order valence-electron chi connectivity index (χ3n) is 5.10. The number of halogens is 1. The molecule has 31 heavy (non-hydrogen) atoms. The summed E-state index contributed by atoms with van der Waals surface area (Å²) in [7, 11) is 2.11. The van der Waals surface area contributed by atoms with E-state index in [1.807, 2.05) is 41.8 Å². The van der Waals surface area contributed by atoms with Gasteiger partial charge in [-0.05, 0) is 53.9 Å². The third-order valence-corrected chi connectivity index (χ3v) is 6.10. The molecule has 0 bridgehead atoms. The number of thiophene rings is 1. The van der Waals surface area contributed by atoms with Crippen LogP contribution in [0.15, 0.2) is 90.3 Å². The molecule has 3 aromatic carbocycles. The van der Waals surface area contributed by atoms with Crippen LogP contribution in [0.1, 0.15) is 16.7 Å². The maximum Gasteiger partial charge on any atom is 0.180 e. The molecule has 1 aliphatic rings. The quantitative estimate of drug-likeness (QED) is 0.248. The van der Waals surface area contributed by atoms with Crippen LogP contribution < -0.4 is 9.64 Å². The topological polar surface area (TPSA) is 12.5 Å². The Hall–Kier alpha value is -1.01. The molecule has 2 heterocycles. The molecule has 0 saturated carbocycles. The van der Waals surface area contributed by atoms with Gasteiger partial charge in [-0.2, -0.15) is 0 Å². The fraction of sp³-hybridized carbons (Fsp3) is 0.0400. The van der Waals surface area contributed by atoms with Gasteiger partial charge in [0.25, 0.3) is 0 Å². The summed E-state index contributed by atoms with van der Waals surface area (Å²) < 4.78 is 6.51. The first-order valence-corrected chi connectivity index (χ1v) is 10.6. The van der Waals surface area contributed by atoms with E-state index in [4.69, 9.17) is 16.3 Å². The van der Waals surface area contributed by atoms with Crippen molar-refractivity contribution in [1.29, 1.82) is 0 Å². The number of para-hydroxylation sites is 2. The van der Waals surface area contributed by atoms with E-state index in [0.717, 1.165) is 44.5 Å².